The molecule has 0 saturated carbocycles. The first-order valence-corrected chi connectivity index (χ1v) is 11.9. The van der Waals surface area contributed by atoms with Crippen molar-refractivity contribution in [2.75, 3.05) is 17.6 Å². The molecule has 0 unspecified atom stereocenters. The van der Waals surface area contributed by atoms with Crippen LogP contribution in [0.4, 0.5) is 17.3 Å². The highest BCUT2D eigenvalue weighted by Crippen LogP contribution is 2.35. The molecular weight excluding hydrogens is 452 g/mol. The quantitative estimate of drug-likeness (QED) is 0.450. The number of nitrogens with one attached hydrogen (secondary N) is 1. The first kappa shape index (κ1) is 23.3. The fraction of sp³-hybridized carbons (Fsp3) is 0.296. The summed E-state index contributed by atoms with van der Waals surface area (Å²) < 4.78 is 1.77. The number of hydrogen-bond donors (Lipinski definition) is 2. The van der Waals surface area contributed by atoms with Crippen LogP contribution in [0, 0.1) is 25.2 Å². The Morgan fingerprint density at radius 3 is 2.64 bits per heavy atom. The number of nitrogens with zero attached hydrogens (tertiary/aromatic N) is 6. The van der Waals surface area contributed by atoms with E-state index in [4.69, 9.17) is 5.73 Å². The number of amides is 1. The minimum atomic E-state index is 0.0739. The first-order valence-electron chi connectivity index (χ1n) is 11.9. The number of carbonyl (C=O) groups excluding carboxylic acids is 1. The second-order valence-electron chi connectivity index (χ2n) is 9.46. The Morgan fingerprint density at radius 1 is 1.08 bits per heavy atom. The van der Waals surface area contributed by atoms with Gasteiger partial charge in [-0.25, -0.2) is 4.98 Å². The Morgan fingerprint density at radius 2 is 1.89 bits per heavy atom. The number of rotatable bonds is 4. The third-order valence-corrected chi connectivity index (χ3v) is 6.90. The summed E-state index contributed by atoms with van der Waals surface area (Å²) in [6, 6.07) is 8.42. The van der Waals surface area contributed by atoms with Gasteiger partial charge < -0.3 is 16.0 Å². The largest absolute Gasteiger partial charge is 0.397 e. The monoisotopic (exact) mass is 480 g/mol. The average molecular weight is 481 g/mol. The zero-order valence-corrected chi connectivity index (χ0v) is 20.8. The maximum Gasteiger partial charge on any atom is 0.244 e. The topological polar surface area (TPSA) is 126 Å². The molecule has 0 aliphatic carbocycles. The number of fused-ring (bicyclic) bond motifs is 2. The SMILES string of the molecule is Cc1c(N)cncc1-c1cc2cc(Nc3cc4n(n3)CC(=O)N(C(C)C)CC4)ncc2c(C)c1C#N. The minimum absolute atomic E-state index is 0.0739. The maximum atomic E-state index is 12.6. The van der Waals surface area contributed by atoms with Gasteiger partial charge in [0.15, 0.2) is 5.82 Å². The average Bonchev–Trinajstić information content (AvgIpc) is 3.13. The fourth-order valence-electron chi connectivity index (χ4n) is 4.82. The van der Waals surface area contributed by atoms with Crippen molar-refractivity contribution in [2.45, 2.75) is 46.7 Å². The number of aryl methyl sites for hydroxylation is 1. The third kappa shape index (κ3) is 4.01. The predicted molar refractivity (Wildman–Crippen MR) is 140 cm³/mol. The minimum Gasteiger partial charge on any atom is -0.397 e. The van der Waals surface area contributed by atoms with Gasteiger partial charge in [0, 0.05) is 59.7 Å². The van der Waals surface area contributed by atoms with Crippen molar-refractivity contribution in [3.63, 3.8) is 0 Å². The van der Waals surface area contributed by atoms with Gasteiger partial charge >= 0.3 is 0 Å². The zero-order valence-electron chi connectivity index (χ0n) is 20.8. The van der Waals surface area contributed by atoms with Crippen LogP contribution < -0.4 is 11.1 Å². The fourth-order valence-corrected chi connectivity index (χ4v) is 4.82. The molecule has 1 aliphatic rings. The lowest BCUT2D eigenvalue weighted by molar-refractivity contribution is -0.133. The van der Waals surface area contributed by atoms with E-state index in [0.29, 0.717) is 29.4 Å². The molecule has 36 heavy (non-hydrogen) atoms. The Kier molecular flexibility index (Phi) is 5.80. The summed E-state index contributed by atoms with van der Waals surface area (Å²) in [5.41, 5.74) is 11.6. The lowest BCUT2D eigenvalue weighted by Crippen LogP contribution is -2.38. The van der Waals surface area contributed by atoms with Crippen molar-refractivity contribution in [3.8, 4) is 17.2 Å². The van der Waals surface area contributed by atoms with Crippen LogP contribution in [0.5, 0.6) is 0 Å². The summed E-state index contributed by atoms with van der Waals surface area (Å²) in [6.45, 7) is 8.83. The highest BCUT2D eigenvalue weighted by atomic mass is 16.2. The molecule has 0 radical (unpaired) electrons. The van der Waals surface area contributed by atoms with Gasteiger partial charge in [0.25, 0.3) is 0 Å². The first-order chi connectivity index (χ1) is 17.3. The molecule has 1 amide bonds. The standard InChI is InChI=1S/C27H28N8O/c1-15(2)34-6-5-19-9-26(33-35(19)14-27(34)36)32-25-8-18-7-20(23-11-30-13-24(29)17(23)4)21(10-28)16(3)22(18)12-31-25/h7-9,11-13,15H,5-6,14,29H2,1-4H3,(H,31,32,33). The molecule has 0 spiro atoms. The Labute approximate surface area is 209 Å². The number of nitrogen functional groups attached to an aromatic ring is 1. The van der Waals surface area contributed by atoms with Gasteiger partial charge in [-0.2, -0.15) is 10.4 Å². The molecular formula is C27H28N8O. The molecule has 0 atom stereocenters. The summed E-state index contributed by atoms with van der Waals surface area (Å²) in [7, 11) is 0. The highest BCUT2D eigenvalue weighted by molar-refractivity contribution is 5.95. The number of carbonyl (C=O) groups is 1. The molecule has 4 aromatic rings. The number of anilines is 3. The molecule has 1 aromatic carbocycles. The lowest BCUT2D eigenvalue weighted by Gasteiger charge is -2.24. The van der Waals surface area contributed by atoms with E-state index in [1.165, 1.54) is 0 Å². The molecule has 1 aliphatic heterocycles. The predicted octanol–water partition coefficient (Wildman–Crippen LogP) is 4.10. The molecule has 3 N–H and O–H groups in total. The van der Waals surface area contributed by atoms with E-state index in [9.17, 15) is 10.1 Å². The molecule has 9 heteroatoms. The second-order valence-corrected chi connectivity index (χ2v) is 9.46. The van der Waals surface area contributed by atoms with Crippen molar-refractivity contribution < 1.29 is 4.79 Å². The highest BCUT2D eigenvalue weighted by Gasteiger charge is 2.24. The van der Waals surface area contributed by atoms with E-state index < -0.39 is 0 Å². The Bertz CT molecular complexity index is 1550. The molecule has 0 saturated heterocycles. The number of hydrogen-bond acceptors (Lipinski definition) is 7. The van der Waals surface area contributed by atoms with Gasteiger partial charge in [-0.05, 0) is 56.3 Å². The van der Waals surface area contributed by atoms with E-state index >= 15 is 0 Å². The van der Waals surface area contributed by atoms with Crippen LogP contribution in [0.15, 0.2) is 36.8 Å². The molecule has 0 fully saturated rings. The number of benzene rings is 1. The van der Waals surface area contributed by atoms with E-state index in [2.05, 4.69) is 26.5 Å². The lowest BCUT2D eigenvalue weighted by atomic mass is 9.91. The van der Waals surface area contributed by atoms with Gasteiger partial charge in [0.1, 0.15) is 18.4 Å². The summed E-state index contributed by atoms with van der Waals surface area (Å²) in [5, 5.41) is 19.7. The van der Waals surface area contributed by atoms with E-state index in [1.807, 2.05) is 50.8 Å². The van der Waals surface area contributed by atoms with Crippen molar-refractivity contribution in [1.29, 1.82) is 5.26 Å². The Balaban J connectivity index is 1.50. The smallest absolute Gasteiger partial charge is 0.244 e. The van der Waals surface area contributed by atoms with Crippen LogP contribution in [0.25, 0.3) is 21.9 Å². The summed E-state index contributed by atoms with van der Waals surface area (Å²) >= 11 is 0. The van der Waals surface area contributed by atoms with Crippen molar-refractivity contribution in [3.05, 3.63) is 59.2 Å². The van der Waals surface area contributed by atoms with Crippen LogP contribution in [0.2, 0.25) is 0 Å². The maximum absolute atomic E-state index is 12.6. The van der Waals surface area contributed by atoms with Gasteiger partial charge in [0.05, 0.1) is 17.4 Å². The molecule has 9 nitrogen and oxygen atoms in total. The van der Waals surface area contributed by atoms with Gasteiger partial charge in [0.2, 0.25) is 5.91 Å². The number of nitrogens with two attached hydrogens (primary N) is 1. The van der Waals surface area contributed by atoms with Crippen LogP contribution in [0.1, 0.15) is 36.2 Å². The van der Waals surface area contributed by atoms with Crippen LogP contribution in [0.3, 0.4) is 0 Å². The summed E-state index contributed by atoms with van der Waals surface area (Å²) in [5.74, 6) is 1.34. The van der Waals surface area contributed by atoms with Crippen molar-refractivity contribution in [2.24, 2.45) is 0 Å². The summed E-state index contributed by atoms with van der Waals surface area (Å²) in [6.07, 6.45) is 5.88. The second kappa shape index (κ2) is 8.96. The van der Waals surface area contributed by atoms with Crippen LogP contribution in [-0.2, 0) is 17.8 Å². The van der Waals surface area contributed by atoms with E-state index in [0.717, 1.165) is 45.1 Å². The summed E-state index contributed by atoms with van der Waals surface area (Å²) in [4.78, 5) is 23.3. The van der Waals surface area contributed by atoms with E-state index in [1.54, 1.807) is 23.3 Å². The van der Waals surface area contributed by atoms with Gasteiger partial charge in [-0.1, -0.05) is 0 Å². The third-order valence-electron chi connectivity index (χ3n) is 6.90. The number of pyridine rings is 2. The molecule has 4 heterocycles. The van der Waals surface area contributed by atoms with Crippen molar-refractivity contribution >= 4 is 34.0 Å². The number of nitriles is 1. The van der Waals surface area contributed by atoms with Crippen LogP contribution >= 0.6 is 0 Å². The zero-order chi connectivity index (χ0) is 25.6. The normalized spacial score (nSPS) is 13.6. The molecule has 182 valence electrons. The number of aromatic nitrogens is 4. The Hall–Kier alpha value is -4.45. The molecule has 3 aromatic heterocycles. The van der Waals surface area contributed by atoms with Gasteiger partial charge in [-0.15, -0.1) is 0 Å². The van der Waals surface area contributed by atoms with Crippen molar-refractivity contribution in [1.82, 2.24) is 24.6 Å². The molecule has 0 bridgehead atoms. The molecule has 5 rings (SSSR count). The van der Waals surface area contributed by atoms with Gasteiger partial charge in [-0.3, -0.25) is 14.5 Å². The van der Waals surface area contributed by atoms with Crippen LogP contribution in [-0.4, -0.2) is 43.1 Å². The van der Waals surface area contributed by atoms with E-state index in [-0.39, 0.29) is 18.5 Å².